The number of pyridine rings is 2. The van der Waals surface area contributed by atoms with Crippen LogP contribution in [-0.2, 0) is 0 Å². The van der Waals surface area contributed by atoms with Crippen molar-refractivity contribution in [1.82, 2.24) is 9.97 Å². The summed E-state index contributed by atoms with van der Waals surface area (Å²) in [5, 5.41) is 14.9. The van der Waals surface area contributed by atoms with Crippen molar-refractivity contribution in [1.29, 1.82) is 0 Å². The van der Waals surface area contributed by atoms with Crippen molar-refractivity contribution in [2.75, 3.05) is 0 Å². The first-order valence-electron chi connectivity index (χ1n) is 18.2. The van der Waals surface area contributed by atoms with E-state index in [4.69, 9.17) is 9.97 Å². The molecule has 0 radical (unpaired) electrons. The first-order valence-corrected chi connectivity index (χ1v) is 18.2. The average Bonchev–Trinajstić information content (AvgIpc) is 3.23. The monoisotopic (exact) mass is 662 g/mol. The molecule has 0 atom stereocenters. The first-order chi connectivity index (χ1) is 25.8. The molecule has 11 aromatic rings. The quantitative estimate of drug-likeness (QED) is 0.138. The van der Waals surface area contributed by atoms with Gasteiger partial charge in [-0.3, -0.25) is 0 Å². The van der Waals surface area contributed by atoms with Crippen LogP contribution in [0.15, 0.2) is 170 Å². The van der Waals surface area contributed by atoms with Gasteiger partial charge >= 0.3 is 0 Å². The Morgan fingerprint density at radius 1 is 0.231 bits per heavy atom. The molecule has 0 saturated heterocycles. The molecule has 0 N–H and O–H groups in total. The van der Waals surface area contributed by atoms with E-state index in [0.717, 1.165) is 45.0 Å². The van der Waals surface area contributed by atoms with Gasteiger partial charge in [-0.25, -0.2) is 9.97 Å². The van der Waals surface area contributed by atoms with Gasteiger partial charge in [-0.15, -0.1) is 0 Å². The zero-order chi connectivity index (χ0) is 34.8. The molecule has 0 aliphatic heterocycles. The molecular formula is C50H34N2. The zero-order valence-corrected chi connectivity index (χ0v) is 29.1. The van der Waals surface area contributed by atoms with Gasteiger partial charge in [-0.1, -0.05) is 184 Å². The van der Waals surface area contributed by atoms with Gasteiger partial charge in [-0.05, 0) is 32.3 Å². The fraction of sp³-hybridized carbons (Fsp3) is 0.0400. The Morgan fingerprint density at radius 3 is 0.654 bits per heavy atom. The highest BCUT2D eigenvalue weighted by Crippen LogP contribution is 2.49. The van der Waals surface area contributed by atoms with Crippen molar-refractivity contribution in [2.45, 2.75) is 13.8 Å². The minimum atomic E-state index is 1.02. The fourth-order valence-electron chi connectivity index (χ4n) is 8.41. The van der Waals surface area contributed by atoms with Gasteiger partial charge < -0.3 is 0 Å². The van der Waals surface area contributed by atoms with Gasteiger partial charge in [0, 0.05) is 54.6 Å². The fourth-order valence-corrected chi connectivity index (χ4v) is 8.41. The number of hydrogen-bond acceptors (Lipinski definition) is 2. The van der Waals surface area contributed by atoms with Gasteiger partial charge in [0.25, 0.3) is 0 Å². The molecule has 9 aromatic carbocycles. The van der Waals surface area contributed by atoms with E-state index >= 15 is 0 Å². The van der Waals surface area contributed by atoms with Crippen LogP contribution < -0.4 is 0 Å². The van der Waals surface area contributed by atoms with Crippen molar-refractivity contribution in [2.24, 2.45) is 0 Å². The van der Waals surface area contributed by atoms with Crippen molar-refractivity contribution in [3.05, 3.63) is 170 Å². The van der Waals surface area contributed by atoms with Gasteiger partial charge in [0.05, 0.1) is 22.8 Å². The first kappa shape index (κ1) is 30.2. The van der Waals surface area contributed by atoms with E-state index in [0.29, 0.717) is 0 Å². The number of nitrogens with zero attached hydrogens (tertiary/aromatic N) is 2. The van der Waals surface area contributed by atoms with Crippen molar-refractivity contribution in [3.63, 3.8) is 0 Å². The van der Waals surface area contributed by atoms with Crippen LogP contribution in [-0.4, -0.2) is 9.97 Å². The Morgan fingerprint density at radius 2 is 0.423 bits per heavy atom. The maximum Gasteiger partial charge on any atom is 0.0788 e. The highest BCUT2D eigenvalue weighted by molar-refractivity contribution is 6.41. The molecule has 2 heterocycles. The molecule has 11 rings (SSSR count). The van der Waals surface area contributed by atoms with Gasteiger partial charge in [0.1, 0.15) is 0 Å². The second kappa shape index (κ2) is 12.0. The Bertz CT molecular complexity index is 2640. The lowest BCUT2D eigenvalue weighted by atomic mass is 9.83. The maximum absolute atomic E-state index is 5.41. The van der Waals surface area contributed by atoms with E-state index in [-0.39, 0.29) is 0 Å². The van der Waals surface area contributed by atoms with Crippen LogP contribution in [0.4, 0.5) is 0 Å². The molecular weight excluding hydrogens is 629 g/mol. The van der Waals surface area contributed by atoms with Crippen molar-refractivity contribution < 1.29 is 0 Å². The Balaban J connectivity index is 0.00000166. The highest BCUT2D eigenvalue weighted by Gasteiger charge is 2.23. The molecule has 244 valence electrons. The second-order valence-electron chi connectivity index (χ2n) is 13.2. The molecule has 0 amide bonds. The van der Waals surface area contributed by atoms with Crippen LogP contribution in [0.1, 0.15) is 13.8 Å². The lowest BCUT2D eigenvalue weighted by Crippen LogP contribution is -1.97. The smallest absolute Gasteiger partial charge is 0.0788 e. The molecule has 0 aliphatic carbocycles. The summed E-state index contributed by atoms with van der Waals surface area (Å²) in [6.45, 7) is 4.00. The summed E-state index contributed by atoms with van der Waals surface area (Å²) in [7, 11) is 0. The third-order valence-corrected chi connectivity index (χ3v) is 10.6. The van der Waals surface area contributed by atoms with Gasteiger partial charge in [-0.2, -0.15) is 0 Å². The van der Waals surface area contributed by atoms with Gasteiger partial charge in [0.15, 0.2) is 0 Å². The van der Waals surface area contributed by atoms with Crippen molar-refractivity contribution in [3.8, 4) is 45.0 Å². The molecule has 2 heteroatoms. The van der Waals surface area contributed by atoms with Crippen LogP contribution in [0.3, 0.4) is 0 Å². The predicted octanol–water partition coefficient (Wildman–Crippen LogP) is 14.0. The largest absolute Gasteiger partial charge is 0.246 e. The Labute approximate surface area is 302 Å². The summed E-state index contributed by atoms with van der Waals surface area (Å²) in [6, 6.07) is 61.0. The molecule has 0 saturated carbocycles. The Kier molecular flexibility index (Phi) is 6.97. The van der Waals surface area contributed by atoms with Crippen LogP contribution >= 0.6 is 0 Å². The summed E-state index contributed by atoms with van der Waals surface area (Å²) in [4.78, 5) is 10.8. The van der Waals surface area contributed by atoms with E-state index in [2.05, 4.69) is 170 Å². The molecule has 2 nitrogen and oxygen atoms in total. The number of aromatic nitrogens is 2. The summed E-state index contributed by atoms with van der Waals surface area (Å²) >= 11 is 0. The summed E-state index contributed by atoms with van der Waals surface area (Å²) in [5.74, 6) is 0. The molecule has 52 heavy (non-hydrogen) atoms. The van der Waals surface area contributed by atoms with E-state index in [1.807, 2.05) is 13.8 Å². The predicted molar refractivity (Wildman–Crippen MR) is 223 cm³/mol. The molecule has 0 fully saturated rings. The molecule has 0 spiro atoms. The summed E-state index contributed by atoms with van der Waals surface area (Å²) < 4.78 is 0. The van der Waals surface area contributed by atoms with Crippen LogP contribution in [0.25, 0.3) is 110 Å². The van der Waals surface area contributed by atoms with Crippen LogP contribution in [0.2, 0.25) is 0 Å². The number of benzene rings is 9. The Hall–Kier alpha value is -6.64. The molecule has 0 unspecified atom stereocenters. The van der Waals surface area contributed by atoms with E-state index in [1.54, 1.807) is 0 Å². The van der Waals surface area contributed by atoms with E-state index in [9.17, 15) is 0 Å². The normalized spacial score (nSPS) is 11.7. The molecule has 0 bridgehead atoms. The molecule has 2 aromatic heterocycles. The second-order valence-corrected chi connectivity index (χ2v) is 13.2. The van der Waals surface area contributed by atoms with Crippen LogP contribution in [0, 0.1) is 0 Å². The zero-order valence-electron chi connectivity index (χ0n) is 29.1. The molecule has 0 aliphatic rings. The number of fused-ring (bicyclic) bond motifs is 2. The minimum absolute atomic E-state index is 1.02. The van der Waals surface area contributed by atoms with E-state index < -0.39 is 0 Å². The van der Waals surface area contributed by atoms with Crippen molar-refractivity contribution >= 4 is 64.6 Å². The number of rotatable bonds is 4. The third-order valence-electron chi connectivity index (χ3n) is 10.6. The average molecular weight is 663 g/mol. The SMILES string of the molecule is CC.c1ccc(-c2nc(-c3ccccc3)c3ccc4c5ccc6c(-c7ccccc7)nc(-c7ccccc7)c7ccc(c8ccc2c3c84)c5c76)cc1. The van der Waals surface area contributed by atoms with Crippen LogP contribution in [0.5, 0.6) is 0 Å². The lowest BCUT2D eigenvalue weighted by Gasteiger charge is -2.22. The third kappa shape index (κ3) is 4.37. The topological polar surface area (TPSA) is 25.8 Å². The maximum atomic E-state index is 5.41. The number of hydrogen-bond donors (Lipinski definition) is 0. The summed E-state index contributed by atoms with van der Waals surface area (Å²) in [5.41, 5.74) is 8.56. The summed E-state index contributed by atoms with van der Waals surface area (Å²) in [6.07, 6.45) is 0. The minimum Gasteiger partial charge on any atom is -0.246 e. The standard InChI is InChI=1S/C48H28N2.C2H6/c1-5-13-29(14-6-1)45-37-25-21-33-35-23-27-39-44-40(48(32-19-11-4-12-20-32)50-47(39)31-17-9-3-10-18-31)28-24-36(42(35)44)34-22-26-38(43(37)41(33)34)46(49-45)30-15-7-2-8-16-30;1-2/h1-28H;1-2H3. The van der Waals surface area contributed by atoms with Gasteiger partial charge in [0.2, 0.25) is 0 Å². The van der Waals surface area contributed by atoms with E-state index in [1.165, 1.54) is 64.6 Å². The lowest BCUT2D eigenvalue weighted by molar-refractivity contribution is 1.37. The highest BCUT2D eigenvalue weighted by atomic mass is 14.7.